The average molecular weight is 712 g/mol. The largest absolute Gasteiger partial charge is 0.456 e. The van der Waals surface area contributed by atoms with Gasteiger partial charge in [0, 0.05) is 76.8 Å². The predicted octanol–water partition coefficient (Wildman–Crippen LogP) is 14.5. The molecule has 0 radical (unpaired) electrons. The van der Waals surface area contributed by atoms with Gasteiger partial charge in [0.05, 0.1) is 12.6 Å². The minimum Gasteiger partial charge on any atom is -0.456 e. The fourth-order valence-electron chi connectivity index (χ4n) is 8.84. The maximum absolute atomic E-state index is 6.64. The number of para-hydroxylation sites is 3. The molecule has 10 aromatic rings. The lowest BCUT2D eigenvalue weighted by Gasteiger charge is -2.31. The van der Waals surface area contributed by atoms with Gasteiger partial charge in [-0.2, -0.15) is 0 Å². The van der Waals surface area contributed by atoms with Crippen LogP contribution in [0.4, 0.5) is 28.4 Å². The molecule has 0 N–H and O–H groups in total. The molecular weight excluding hydrogens is 677 g/mol. The van der Waals surface area contributed by atoms with Crippen LogP contribution in [-0.4, -0.2) is 7.05 Å². The van der Waals surface area contributed by atoms with E-state index >= 15 is 0 Å². The van der Waals surface area contributed by atoms with Crippen molar-refractivity contribution < 1.29 is 4.42 Å². The smallest absolute Gasteiger partial charge is 0.150 e. The molecule has 54 heavy (non-hydrogen) atoms. The molecule has 0 bridgehead atoms. The van der Waals surface area contributed by atoms with Gasteiger partial charge in [0.2, 0.25) is 0 Å². The summed E-state index contributed by atoms with van der Waals surface area (Å²) in [6, 6.07) is 66.0. The summed E-state index contributed by atoms with van der Waals surface area (Å²) in [7, 11) is 2.36. The number of thiophene rings is 1. The summed E-state index contributed by atoms with van der Waals surface area (Å²) in [6.07, 6.45) is 0. The van der Waals surface area contributed by atoms with Crippen LogP contribution in [-0.2, 0) is 6.54 Å². The Balaban J connectivity index is 1.04. The van der Waals surface area contributed by atoms with Crippen molar-refractivity contribution in [2.24, 2.45) is 0 Å². The van der Waals surface area contributed by atoms with Gasteiger partial charge in [-0.3, -0.25) is 4.48 Å². The van der Waals surface area contributed by atoms with Crippen molar-refractivity contribution in [3.8, 4) is 22.3 Å². The Morgan fingerprint density at radius 3 is 1.98 bits per heavy atom. The van der Waals surface area contributed by atoms with Gasteiger partial charge < -0.3 is 9.32 Å². The van der Waals surface area contributed by atoms with Crippen LogP contribution in [0.2, 0.25) is 0 Å². The van der Waals surface area contributed by atoms with Gasteiger partial charge in [0.25, 0.3) is 0 Å². The van der Waals surface area contributed by atoms with Crippen LogP contribution in [0.1, 0.15) is 5.56 Å². The summed E-state index contributed by atoms with van der Waals surface area (Å²) in [5.41, 5.74) is 14.1. The van der Waals surface area contributed by atoms with Crippen LogP contribution < -0.4 is 9.38 Å². The topological polar surface area (TPSA) is 16.4 Å². The van der Waals surface area contributed by atoms with E-state index in [1.54, 1.807) is 0 Å². The minimum absolute atomic E-state index is 0.642. The van der Waals surface area contributed by atoms with Gasteiger partial charge in [-0.15, -0.1) is 11.3 Å². The molecule has 11 rings (SSSR count). The quantitative estimate of drug-likeness (QED) is 0.160. The van der Waals surface area contributed by atoms with Crippen LogP contribution >= 0.6 is 11.3 Å². The Morgan fingerprint density at radius 1 is 0.500 bits per heavy atom. The summed E-state index contributed by atoms with van der Waals surface area (Å²) < 4.78 is 9.89. The van der Waals surface area contributed by atoms with Crippen molar-refractivity contribution in [2.75, 3.05) is 11.9 Å². The van der Waals surface area contributed by atoms with Crippen molar-refractivity contribution in [3.63, 3.8) is 0 Å². The molecule has 1 atom stereocenters. The second-order valence-corrected chi connectivity index (χ2v) is 15.5. The van der Waals surface area contributed by atoms with E-state index in [2.05, 4.69) is 194 Å². The number of benzene rings is 8. The highest BCUT2D eigenvalue weighted by Crippen LogP contribution is 2.59. The molecule has 4 heteroatoms. The second kappa shape index (κ2) is 12.0. The monoisotopic (exact) mass is 711 g/mol. The van der Waals surface area contributed by atoms with Crippen LogP contribution in [0, 0.1) is 0 Å². The first-order valence-corrected chi connectivity index (χ1v) is 19.3. The summed E-state index contributed by atoms with van der Waals surface area (Å²) in [6.45, 7) is 0.795. The van der Waals surface area contributed by atoms with Crippen molar-refractivity contribution in [1.82, 2.24) is 4.48 Å². The number of nitrogens with zero attached hydrogens (tertiary/aromatic N) is 2. The van der Waals surface area contributed by atoms with E-state index in [-0.39, 0.29) is 0 Å². The van der Waals surface area contributed by atoms with Gasteiger partial charge >= 0.3 is 0 Å². The van der Waals surface area contributed by atoms with E-state index in [1.807, 2.05) is 11.3 Å². The summed E-state index contributed by atoms with van der Waals surface area (Å²) in [5, 5.41) is 4.95. The van der Waals surface area contributed by atoms with Crippen LogP contribution in [0.3, 0.4) is 0 Å². The maximum Gasteiger partial charge on any atom is 0.150 e. The second-order valence-electron chi connectivity index (χ2n) is 14.5. The molecule has 0 amide bonds. The molecule has 3 nitrogen and oxygen atoms in total. The number of furan rings is 1. The number of rotatable bonds is 6. The Kier molecular flexibility index (Phi) is 6.93. The van der Waals surface area contributed by atoms with Crippen molar-refractivity contribution in [1.29, 1.82) is 0 Å². The van der Waals surface area contributed by atoms with Gasteiger partial charge in [-0.05, 0) is 60.2 Å². The van der Waals surface area contributed by atoms with Crippen LogP contribution in [0.5, 0.6) is 0 Å². The molecular formula is C50H35N2OS+. The standard InChI is InChI=1S/C50H35N2OS/c1-52(42-21-11-8-19-40(42)49-43(52)31-45-50(41-20-9-12-22-44(41)53-45)48(49)34-14-4-2-5-15-34)32-33-24-26-36(27-25-33)51(35-16-6-3-7-17-35)37-28-29-39-38-18-10-13-23-46(38)54-47(39)30-37/h2-31H,32H2,1H3/q+1/t52-/m1/s1. The fraction of sp³-hybridized carbons (Fsp3) is 0.0400. The number of quaternary nitrogens is 1. The normalized spacial score (nSPS) is 14.9. The zero-order chi connectivity index (χ0) is 35.8. The van der Waals surface area contributed by atoms with Crippen LogP contribution in [0.25, 0.3) is 64.4 Å². The highest BCUT2D eigenvalue weighted by atomic mass is 32.1. The van der Waals surface area contributed by atoms with E-state index in [4.69, 9.17) is 4.42 Å². The maximum atomic E-state index is 6.64. The van der Waals surface area contributed by atoms with Crippen LogP contribution in [0.15, 0.2) is 186 Å². The summed E-state index contributed by atoms with van der Waals surface area (Å²) in [4.78, 5) is 2.37. The minimum atomic E-state index is 0.642. The third-order valence-corrected chi connectivity index (χ3v) is 12.4. The molecule has 256 valence electrons. The first-order valence-electron chi connectivity index (χ1n) is 18.5. The van der Waals surface area contributed by atoms with Crippen molar-refractivity contribution in [3.05, 3.63) is 188 Å². The average Bonchev–Trinajstić information content (AvgIpc) is 3.86. The van der Waals surface area contributed by atoms with E-state index in [1.165, 1.54) is 64.8 Å². The predicted molar refractivity (Wildman–Crippen MR) is 230 cm³/mol. The lowest BCUT2D eigenvalue weighted by Crippen LogP contribution is -2.37. The van der Waals surface area contributed by atoms with Crippen molar-refractivity contribution in [2.45, 2.75) is 6.54 Å². The molecule has 0 fully saturated rings. The number of anilines is 3. The summed E-state index contributed by atoms with van der Waals surface area (Å²) in [5.74, 6) is 0. The number of hydrogen-bond acceptors (Lipinski definition) is 3. The van der Waals surface area contributed by atoms with E-state index in [0.717, 1.165) is 40.2 Å². The van der Waals surface area contributed by atoms with E-state index in [9.17, 15) is 0 Å². The third-order valence-electron chi connectivity index (χ3n) is 11.3. The Labute approximate surface area is 317 Å². The van der Waals surface area contributed by atoms with Crippen molar-refractivity contribution >= 4 is 81.9 Å². The van der Waals surface area contributed by atoms with Gasteiger partial charge in [0.1, 0.15) is 23.4 Å². The van der Waals surface area contributed by atoms with E-state index in [0.29, 0.717) is 4.48 Å². The lowest BCUT2D eigenvalue weighted by atomic mass is 9.90. The van der Waals surface area contributed by atoms with Gasteiger partial charge in [-0.25, -0.2) is 0 Å². The zero-order valence-corrected chi connectivity index (χ0v) is 30.6. The van der Waals surface area contributed by atoms with Gasteiger partial charge in [-0.1, -0.05) is 115 Å². The lowest BCUT2D eigenvalue weighted by molar-refractivity contribution is 0.461. The zero-order valence-electron chi connectivity index (χ0n) is 29.7. The molecule has 0 aliphatic carbocycles. The Hall–Kier alpha value is -6.46. The highest BCUT2D eigenvalue weighted by Gasteiger charge is 2.43. The SMILES string of the molecule is C[N@@+]1(Cc2ccc(N(c3ccccc3)c3ccc4c(c3)sc3ccccc34)cc2)c2ccccc2-c2c1cc1oc3ccccc3c1c2-c1ccccc1. The molecule has 3 heterocycles. The first-order chi connectivity index (χ1) is 26.6. The third kappa shape index (κ3) is 4.71. The molecule has 0 unspecified atom stereocenters. The molecule has 8 aromatic carbocycles. The van der Waals surface area contributed by atoms with E-state index < -0.39 is 0 Å². The fourth-order valence-corrected chi connectivity index (χ4v) is 9.98. The number of fused-ring (bicyclic) bond motifs is 9. The van der Waals surface area contributed by atoms with Gasteiger partial charge in [0.15, 0.2) is 5.69 Å². The molecule has 0 saturated heterocycles. The molecule has 2 aromatic heterocycles. The Bertz CT molecular complexity index is 3040. The highest BCUT2D eigenvalue weighted by molar-refractivity contribution is 7.25. The summed E-state index contributed by atoms with van der Waals surface area (Å²) >= 11 is 1.86. The number of hydrogen-bond donors (Lipinski definition) is 0. The molecule has 1 aliphatic rings. The molecule has 0 saturated carbocycles. The Morgan fingerprint density at radius 2 is 1.15 bits per heavy atom. The molecule has 0 spiro atoms. The molecule has 1 aliphatic heterocycles. The first kappa shape index (κ1) is 31.1.